The van der Waals surface area contributed by atoms with Gasteiger partial charge in [0.15, 0.2) is 0 Å². The van der Waals surface area contributed by atoms with E-state index in [-0.39, 0.29) is 11.3 Å². The highest BCUT2D eigenvalue weighted by Crippen LogP contribution is 2.81. The fourth-order valence-corrected chi connectivity index (χ4v) is 4.20. The molecule has 1 N–H and O–H groups in total. The van der Waals surface area contributed by atoms with E-state index in [0.29, 0.717) is 5.02 Å². The summed E-state index contributed by atoms with van der Waals surface area (Å²) in [6, 6.07) is 7.65. The van der Waals surface area contributed by atoms with Crippen molar-refractivity contribution in [1.82, 2.24) is 0 Å². The number of carboxylic acid groups (broad SMARTS) is 1. The molecular formula is C14H15ClO2. The lowest BCUT2D eigenvalue weighted by Gasteiger charge is -2.09. The third-order valence-electron chi connectivity index (χ3n) is 4.92. The van der Waals surface area contributed by atoms with Gasteiger partial charge in [-0.05, 0) is 36.0 Å². The third kappa shape index (κ3) is 1.19. The fourth-order valence-electron chi connectivity index (χ4n) is 4.07. The Hall–Kier alpha value is -1.02. The number of carboxylic acids is 1. The van der Waals surface area contributed by atoms with Crippen LogP contribution in [0.5, 0.6) is 0 Å². The average molecular weight is 251 g/mol. The summed E-state index contributed by atoms with van der Waals surface area (Å²) in [6.07, 6.45) is 2.87. The van der Waals surface area contributed by atoms with Crippen LogP contribution >= 0.6 is 11.6 Å². The van der Waals surface area contributed by atoms with Crippen LogP contribution in [0.15, 0.2) is 24.3 Å². The summed E-state index contributed by atoms with van der Waals surface area (Å²) < 4.78 is 0. The highest BCUT2D eigenvalue weighted by atomic mass is 35.5. The molecule has 0 bridgehead atoms. The lowest BCUT2D eigenvalue weighted by Crippen LogP contribution is -2.17. The molecule has 2 aliphatic rings. The van der Waals surface area contributed by atoms with Crippen molar-refractivity contribution >= 4 is 17.6 Å². The van der Waals surface area contributed by atoms with Crippen LogP contribution in [-0.4, -0.2) is 11.1 Å². The number of halogens is 1. The van der Waals surface area contributed by atoms with E-state index in [1.54, 1.807) is 0 Å². The van der Waals surface area contributed by atoms with E-state index < -0.39 is 11.4 Å². The topological polar surface area (TPSA) is 37.3 Å². The molecule has 0 spiro atoms. The quantitative estimate of drug-likeness (QED) is 0.869. The minimum Gasteiger partial charge on any atom is -0.481 e. The van der Waals surface area contributed by atoms with Crippen molar-refractivity contribution in [2.24, 2.45) is 10.8 Å². The first-order chi connectivity index (χ1) is 8.02. The summed E-state index contributed by atoms with van der Waals surface area (Å²) >= 11 is 5.87. The Bertz CT molecular complexity index is 482. The van der Waals surface area contributed by atoms with Gasteiger partial charge in [0.2, 0.25) is 0 Å². The molecule has 3 rings (SSSR count). The average Bonchev–Trinajstić information content (AvgIpc) is 2.64. The monoisotopic (exact) mass is 250 g/mol. The van der Waals surface area contributed by atoms with Gasteiger partial charge < -0.3 is 5.11 Å². The predicted octanol–water partition coefficient (Wildman–Crippen LogP) is 3.70. The molecule has 2 aliphatic carbocycles. The Kier molecular flexibility index (Phi) is 2.13. The van der Waals surface area contributed by atoms with Gasteiger partial charge in [-0.3, -0.25) is 4.79 Å². The van der Waals surface area contributed by atoms with Crippen LogP contribution in [0.2, 0.25) is 5.02 Å². The van der Waals surface area contributed by atoms with Crippen molar-refractivity contribution in [2.75, 3.05) is 0 Å². The van der Waals surface area contributed by atoms with Crippen LogP contribution in [0.4, 0.5) is 0 Å². The second kappa shape index (κ2) is 3.26. The molecule has 1 aromatic rings. The molecule has 0 aromatic heterocycles. The standard InChI is InChI=1S/C14H15ClO2/c1-13-7-2-8-14(13,12(16)17)11(13)9-3-5-10(15)6-4-9/h3-6,11H,2,7-8H2,1H3,(H,16,17)/t11-,13-,14+/m1/s1. The van der Waals surface area contributed by atoms with E-state index in [1.165, 1.54) is 0 Å². The number of carbonyl (C=O) groups is 1. The van der Waals surface area contributed by atoms with E-state index in [9.17, 15) is 9.90 Å². The molecule has 0 amide bonds. The lowest BCUT2D eigenvalue weighted by molar-refractivity contribution is -0.144. The Labute approximate surface area is 106 Å². The van der Waals surface area contributed by atoms with Crippen molar-refractivity contribution < 1.29 is 9.90 Å². The second-order valence-electron chi connectivity index (χ2n) is 5.53. The van der Waals surface area contributed by atoms with E-state index in [2.05, 4.69) is 6.92 Å². The number of fused-ring (bicyclic) bond motifs is 1. The molecule has 2 nitrogen and oxygen atoms in total. The SMILES string of the molecule is C[C@]12CCC[C@@]1(C(=O)O)[C@@H]2c1ccc(Cl)cc1. The molecule has 17 heavy (non-hydrogen) atoms. The van der Waals surface area contributed by atoms with Gasteiger partial charge in [0.25, 0.3) is 0 Å². The van der Waals surface area contributed by atoms with E-state index in [0.717, 1.165) is 24.8 Å². The number of rotatable bonds is 2. The maximum absolute atomic E-state index is 11.6. The number of hydrogen-bond acceptors (Lipinski definition) is 1. The highest BCUT2D eigenvalue weighted by molar-refractivity contribution is 6.30. The Morgan fingerprint density at radius 3 is 2.53 bits per heavy atom. The minimum absolute atomic E-state index is 0.0489. The number of benzene rings is 1. The van der Waals surface area contributed by atoms with Gasteiger partial charge in [-0.1, -0.05) is 37.1 Å². The van der Waals surface area contributed by atoms with Crippen molar-refractivity contribution in [2.45, 2.75) is 32.1 Å². The van der Waals surface area contributed by atoms with Crippen LogP contribution in [0.25, 0.3) is 0 Å². The van der Waals surface area contributed by atoms with Crippen LogP contribution in [0, 0.1) is 10.8 Å². The van der Waals surface area contributed by atoms with Gasteiger partial charge in [-0.2, -0.15) is 0 Å². The predicted molar refractivity (Wildman–Crippen MR) is 66.2 cm³/mol. The summed E-state index contributed by atoms with van der Waals surface area (Å²) in [6.45, 7) is 2.12. The smallest absolute Gasteiger partial charge is 0.310 e. The van der Waals surface area contributed by atoms with E-state index in [1.807, 2.05) is 24.3 Å². The van der Waals surface area contributed by atoms with Crippen molar-refractivity contribution in [3.05, 3.63) is 34.9 Å². The van der Waals surface area contributed by atoms with Gasteiger partial charge in [-0.15, -0.1) is 0 Å². The molecule has 0 radical (unpaired) electrons. The molecule has 2 fully saturated rings. The van der Waals surface area contributed by atoms with Gasteiger partial charge in [0, 0.05) is 10.9 Å². The molecular weight excluding hydrogens is 236 g/mol. The van der Waals surface area contributed by atoms with Gasteiger partial charge in [0.1, 0.15) is 0 Å². The molecule has 3 atom stereocenters. The zero-order valence-electron chi connectivity index (χ0n) is 9.74. The lowest BCUT2D eigenvalue weighted by atomic mass is 9.95. The summed E-state index contributed by atoms with van der Waals surface area (Å²) in [7, 11) is 0. The molecule has 2 saturated carbocycles. The first-order valence-electron chi connectivity index (χ1n) is 6.01. The van der Waals surface area contributed by atoms with Crippen molar-refractivity contribution in [1.29, 1.82) is 0 Å². The zero-order valence-corrected chi connectivity index (χ0v) is 10.5. The van der Waals surface area contributed by atoms with Crippen LogP contribution < -0.4 is 0 Å². The summed E-state index contributed by atoms with van der Waals surface area (Å²) in [5.74, 6) is -0.462. The van der Waals surface area contributed by atoms with Crippen LogP contribution in [-0.2, 0) is 4.79 Å². The van der Waals surface area contributed by atoms with Crippen LogP contribution in [0.3, 0.4) is 0 Å². The first-order valence-corrected chi connectivity index (χ1v) is 6.39. The largest absolute Gasteiger partial charge is 0.481 e. The Morgan fingerprint density at radius 2 is 2.00 bits per heavy atom. The summed E-state index contributed by atoms with van der Waals surface area (Å²) in [5.41, 5.74) is 0.562. The van der Waals surface area contributed by atoms with Crippen molar-refractivity contribution in [3.8, 4) is 0 Å². The summed E-state index contributed by atoms with van der Waals surface area (Å²) in [5, 5.41) is 10.2. The maximum atomic E-state index is 11.6. The normalized spacial score (nSPS) is 38.8. The molecule has 90 valence electrons. The van der Waals surface area contributed by atoms with E-state index >= 15 is 0 Å². The minimum atomic E-state index is -0.627. The highest BCUT2D eigenvalue weighted by Gasteiger charge is 2.79. The molecule has 0 unspecified atom stereocenters. The molecule has 0 aliphatic heterocycles. The number of aliphatic carboxylic acids is 1. The zero-order chi connectivity index (χ0) is 12.3. The molecule has 3 heteroatoms. The number of hydrogen-bond donors (Lipinski definition) is 1. The Morgan fingerprint density at radius 1 is 1.35 bits per heavy atom. The molecule has 0 heterocycles. The molecule has 1 aromatic carbocycles. The Balaban J connectivity index is 2.01. The van der Waals surface area contributed by atoms with Crippen molar-refractivity contribution in [3.63, 3.8) is 0 Å². The summed E-state index contributed by atoms with van der Waals surface area (Å²) in [4.78, 5) is 11.6. The molecule has 0 saturated heterocycles. The van der Waals surface area contributed by atoms with Crippen LogP contribution in [0.1, 0.15) is 37.7 Å². The van der Waals surface area contributed by atoms with Gasteiger partial charge in [-0.25, -0.2) is 0 Å². The van der Waals surface area contributed by atoms with Gasteiger partial charge in [0.05, 0.1) is 5.41 Å². The first kappa shape index (κ1) is 11.1. The maximum Gasteiger partial charge on any atom is 0.310 e. The van der Waals surface area contributed by atoms with Gasteiger partial charge >= 0.3 is 5.97 Å². The second-order valence-corrected chi connectivity index (χ2v) is 5.97. The van der Waals surface area contributed by atoms with E-state index in [4.69, 9.17) is 11.6 Å². The third-order valence-corrected chi connectivity index (χ3v) is 5.17. The fraction of sp³-hybridized carbons (Fsp3) is 0.500.